The molecule has 0 aliphatic heterocycles. The zero-order valence-electron chi connectivity index (χ0n) is 10.5. The maximum atomic E-state index is 5.16. The molecule has 1 rings (SSSR count). The van der Waals surface area contributed by atoms with E-state index in [1.54, 1.807) is 7.11 Å². The maximum absolute atomic E-state index is 5.16. The standard InChI is InChI=1S/C15H20O/c1-5-6-7-15(12(2)3)13-8-10-14(16-4)11-9-13/h5-12H,1-4H3/b6-5+,15-7-. The van der Waals surface area contributed by atoms with E-state index in [1.165, 1.54) is 11.1 Å². The summed E-state index contributed by atoms with van der Waals surface area (Å²) in [7, 11) is 1.69. The molecule has 0 saturated carbocycles. The van der Waals surface area contributed by atoms with Crippen molar-refractivity contribution in [1.29, 1.82) is 0 Å². The van der Waals surface area contributed by atoms with Gasteiger partial charge in [-0.15, -0.1) is 0 Å². The predicted octanol–water partition coefficient (Wildman–Crippen LogP) is 4.31. The van der Waals surface area contributed by atoms with E-state index in [1.807, 2.05) is 25.1 Å². The molecule has 0 spiro atoms. The van der Waals surface area contributed by atoms with Crippen molar-refractivity contribution in [3.8, 4) is 5.75 Å². The van der Waals surface area contributed by atoms with Gasteiger partial charge in [0.25, 0.3) is 0 Å². The molecule has 0 bridgehead atoms. The van der Waals surface area contributed by atoms with Gasteiger partial charge in [0.05, 0.1) is 7.11 Å². The van der Waals surface area contributed by atoms with Crippen molar-refractivity contribution >= 4 is 5.57 Å². The van der Waals surface area contributed by atoms with Crippen molar-refractivity contribution in [1.82, 2.24) is 0 Å². The molecule has 1 heteroatoms. The van der Waals surface area contributed by atoms with Crippen LogP contribution in [0, 0.1) is 5.92 Å². The number of ether oxygens (including phenoxy) is 1. The molecule has 1 nitrogen and oxygen atoms in total. The zero-order chi connectivity index (χ0) is 12.0. The highest BCUT2D eigenvalue weighted by molar-refractivity contribution is 5.68. The second kappa shape index (κ2) is 6.16. The molecule has 0 unspecified atom stereocenters. The Morgan fingerprint density at radius 3 is 2.25 bits per heavy atom. The van der Waals surface area contributed by atoms with Gasteiger partial charge >= 0.3 is 0 Å². The molecule has 1 aromatic carbocycles. The monoisotopic (exact) mass is 216 g/mol. The van der Waals surface area contributed by atoms with E-state index in [9.17, 15) is 0 Å². The van der Waals surface area contributed by atoms with Crippen LogP contribution in [0.25, 0.3) is 5.57 Å². The topological polar surface area (TPSA) is 9.23 Å². The van der Waals surface area contributed by atoms with E-state index in [-0.39, 0.29) is 0 Å². The lowest BCUT2D eigenvalue weighted by molar-refractivity contribution is 0.415. The SMILES string of the molecule is C/C=C/C=C(\c1ccc(OC)cc1)C(C)C. The lowest BCUT2D eigenvalue weighted by Crippen LogP contribution is -1.93. The fourth-order valence-corrected chi connectivity index (χ4v) is 1.61. The number of benzene rings is 1. The predicted molar refractivity (Wildman–Crippen MR) is 70.6 cm³/mol. The highest BCUT2D eigenvalue weighted by Gasteiger charge is 2.05. The Morgan fingerprint density at radius 1 is 1.19 bits per heavy atom. The van der Waals surface area contributed by atoms with Crippen LogP contribution in [0.2, 0.25) is 0 Å². The Morgan fingerprint density at radius 2 is 1.81 bits per heavy atom. The van der Waals surface area contributed by atoms with Gasteiger partial charge < -0.3 is 4.74 Å². The fraction of sp³-hybridized carbons (Fsp3) is 0.333. The number of hydrogen-bond acceptors (Lipinski definition) is 1. The van der Waals surface area contributed by atoms with Crippen LogP contribution >= 0.6 is 0 Å². The molecule has 0 amide bonds. The highest BCUT2D eigenvalue weighted by atomic mass is 16.5. The Bertz CT molecular complexity index is 369. The summed E-state index contributed by atoms with van der Waals surface area (Å²) in [6.07, 6.45) is 6.30. The molecule has 0 aliphatic rings. The van der Waals surface area contributed by atoms with Gasteiger partial charge in [-0.2, -0.15) is 0 Å². The van der Waals surface area contributed by atoms with E-state index in [0.29, 0.717) is 5.92 Å². The van der Waals surface area contributed by atoms with E-state index in [4.69, 9.17) is 4.74 Å². The summed E-state index contributed by atoms with van der Waals surface area (Å²) in [5.74, 6) is 1.42. The molecular weight excluding hydrogens is 196 g/mol. The summed E-state index contributed by atoms with van der Waals surface area (Å²) in [5, 5.41) is 0. The third-order valence-corrected chi connectivity index (χ3v) is 2.51. The molecule has 16 heavy (non-hydrogen) atoms. The molecule has 0 radical (unpaired) electrons. The molecule has 0 atom stereocenters. The van der Waals surface area contributed by atoms with Crippen molar-refractivity contribution in [2.75, 3.05) is 7.11 Å². The van der Waals surface area contributed by atoms with Gasteiger partial charge in [-0.25, -0.2) is 0 Å². The maximum Gasteiger partial charge on any atom is 0.118 e. The summed E-state index contributed by atoms with van der Waals surface area (Å²) in [5.41, 5.74) is 2.61. The van der Waals surface area contributed by atoms with Crippen LogP contribution in [0.15, 0.2) is 42.5 Å². The Balaban J connectivity index is 3.02. The van der Waals surface area contributed by atoms with Gasteiger partial charge in [0.15, 0.2) is 0 Å². The molecule has 0 saturated heterocycles. The molecular formula is C15H20O. The van der Waals surface area contributed by atoms with Crippen molar-refractivity contribution < 1.29 is 4.74 Å². The lowest BCUT2D eigenvalue weighted by Gasteiger charge is -2.11. The summed E-state index contributed by atoms with van der Waals surface area (Å²) < 4.78 is 5.16. The van der Waals surface area contributed by atoms with Crippen LogP contribution in [-0.2, 0) is 0 Å². The largest absolute Gasteiger partial charge is 0.497 e. The van der Waals surface area contributed by atoms with Crippen molar-refractivity contribution in [3.05, 3.63) is 48.1 Å². The first kappa shape index (κ1) is 12.6. The van der Waals surface area contributed by atoms with Crippen LogP contribution in [0.3, 0.4) is 0 Å². The molecule has 0 heterocycles. The quantitative estimate of drug-likeness (QED) is 0.681. The van der Waals surface area contributed by atoms with Crippen LogP contribution in [0.1, 0.15) is 26.3 Å². The van der Waals surface area contributed by atoms with Crippen molar-refractivity contribution in [2.24, 2.45) is 5.92 Å². The number of allylic oxidation sites excluding steroid dienone is 4. The first-order chi connectivity index (χ1) is 7.69. The van der Waals surface area contributed by atoms with Crippen LogP contribution < -0.4 is 4.74 Å². The highest BCUT2D eigenvalue weighted by Crippen LogP contribution is 2.25. The van der Waals surface area contributed by atoms with Gasteiger partial charge in [-0.3, -0.25) is 0 Å². The zero-order valence-corrected chi connectivity index (χ0v) is 10.5. The molecule has 0 aromatic heterocycles. The van der Waals surface area contributed by atoms with Gasteiger partial charge in [-0.1, -0.05) is 44.2 Å². The molecule has 0 fully saturated rings. The Labute approximate surface area is 98.5 Å². The van der Waals surface area contributed by atoms with E-state index >= 15 is 0 Å². The fourth-order valence-electron chi connectivity index (χ4n) is 1.61. The summed E-state index contributed by atoms with van der Waals surface area (Å²) in [6.45, 7) is 6.45. The second-order valence-corrected chi connectivity index (χ2v) is 4.03. The summed E-state index contributed by atoms with van der Waals surface area (Å²) in [6, 6.07) is 8.21. The number of rotatable bonds is 4. The van der Waals surface area contributed by atoms with E-state index < -0.39 is 0 Å². The third kappa shape index (κ3) is 3.27. The van der Waals surface area contributed by atoms with Crippen molar-refractivity contribution in [3.63, 3.8) is 0 Å². The lowest BCUT2D eigenvalue weighted by atomic mass is 9.95. The first-order valence-corrected chi connectivity index (χ1v) is 5.66. The van der Waals surface area contributed by atoms with Crippen molar-refractivity contribution in [2.45, 2.75) is 20.8 Å². The summed E-state index contributed by atoms with van der Waals surface area (Å²) in [4.78, 5) is 0. The Kier molecular flexibility index (Phi) is 4.84. The number of hydrogen-bond donors (Lipinski definition) is 0. The van der Waals surface area contributed by atoms with Crippen LogP contribution in [-0.4, -0.2) is 7.11 Å². The minimum atomic E-state index is 0.518. The minimum absolute atomic E-state index is 0.518. The van der Waals surface area contributed by atoms with Gasteiger partial charge in [0.2, 0.25) is 0 Å². The molecule has 86 valence electrons. The average molecular weight is 216 g/mol. The van der Waals surface area contributed by atoms with Crippen LogP contribution in [0.4, 0.5) is 0 Å². The summed E-state index contributed by atoms with van der Waals surface area (Å²) >= 11 is 0. The van der Waals surface area contributed by atoms with Gasteiger partial charge in [0.1, 0.15) is 5.75 Å². The normalized spacial score (nSPS) is 12.4. The van der Waals surface area contributed by atoms with E-state index in [0.717, 1.165) is 5.75 Å². The number of methoxy groups -OCH3 is 1. The smallest absolute Gasteiger partial charge is 0.118 e. The second-order valence-electron chi connectivity index (χ2n) is 4.03. The Hall–Kier alpha value is -1.50. The average Bonchev–Trinajstić information content (AvgIpc) is 2.30. The van der Waals surface area contributed by atoms with Gasteiger partial charge in [-0.05, 0) is 36.1 Å². The molecule has 1 aromatic rings. The van der Waals surface area contributed by atoms with E-state index in [2.05, 4.69) is 38.1 Å². The molecule has 0 N–H and O–H groups in total. The van der Waals surface area contributed by atoms with Gasteiger partial charge in [0, 0.05) is 0 Å². The minimum Gasteiger partial charge on any atom is -0.497 e. The molecule has 0 aliphatic carbocycles. The third-order valence-electron chi connectivity index (χ3n) is 2.51. The first-order valence-electron chi connectivity index (χ1n) is 5.66. The van der Waals surface area contributed by atoms with Crippen LogP contribution in [0.5, 0.6) is 5.75 Å².